The van der Waals surface area contributed by atoms with Crippen molar-refractivity contribution in [3.05, 3.63) is 101 Å². The first kappa shape index (κ1) is 16.5. The highest BCUT2D eigenvalue weighted by atomic mass is 16.4. The molecule has 3 aliphatic carbocycles. The molecule has 1 N–H and O–H groups in total. The summed E-state index contributed by atoms with van der Waals surface area (Å²) in [6.07, 6.45) is 5.40. The van der Waals surface area contributed by atoms with Gasteiger partial charge in [0.05, 0.1) is 5.56 Å². The van der Waals surface area contributed by atoms with E-state index in [0.717, 1.165) is 12.0 Å². The predicted molar refractivity (Wildman–Crippen MR) is 106 cm³/mol. The molecule has 3 aliphatic rings. The summed E-state index contributed by atoms with van der Waals surface area (Å²) in [6.45, 7) is 0. The maximum atomic E-state index is 13.0. The molecular weight excluding hydrogens is 364 g/mol. The van der Waals surface area contributed by atoms with Gasteiger partial charge in [0.1, 0.15) is 11.5 Å². The monoisotopic (exact) mass is 382 g/mol. The molecule has 3 aromatic rings. The number of carbonyl (C=O) groups excluding carboxylic acids is 2. The van der Waals surface area contributed by atoms with Crippen LogP contribution in [-0.4, -0.2) is 16.7 Å². The number of furan rings is 1. The van der Waals surface area contributed by atoms with E-state index in [2.05, 4.69) is 12.2 Å². The van der Waals surface area contributed by atoms with Crippen molar-refractivity contribution in [2.75, 3.05) is 0 Å². The third kappa shape index (κ3) is 2.20. The first-order valence-corrected chi connectivity index (χ1v) is 9.92. The number of aromatic hydroxyl groups is 1. The lowest BCUT2D eigenvalue weighted by Gasteiger charge is -2.27. The smallest absolute Gasteiger partial charge is 0.229 e. The molecular formula is C25H18O4. The van der Waals surface area contributed by atoms with Crippen LogP contribution in [0.4, 0.5) is 0 Å². The highest BCUT2D eigenvalue weighted by molar-refractivity contribution is 6.27. The van der Waals surface area contributed by atoms with Gasteiger partial charge in [-0.2, -0.15) is 0 Å². The van der Waals surface area contributed by atoms with Crippen LogP contribution in [0.5, 0.6) is 5.75 Å². The summed E-state index contributed by atoms with van der Waals surface area (Å²) in [4.78, 5) is 25.9. The van der Waals surface area contributed by atoms with E-state index < -0.39 is 0 Å². The van der Waals surface area contributed by atoms with Gasteiger partial charge in [0.25, 0.3) is 0 Å². The Balaban J connectivity index is 1.48. The molecule has 1 heterocycles. The van der Waals surface area contributed by atoms with Gasteiger partial charge in [-0.15, -0.1) is 0 Å². The number of carbonyl (C=O) groups is 2. The lowest BCUT2D eigenvalue weighted by Crippen LogP contribution is -2.18. The predicted octanol–water partition coefficient (Wildman–Crippen LogP) is 4.83. The van der Waals surface area contributed by atoms with Gasteiger partial charge in [0, 0.05) is 23.0 Å². The molecule has 2 bridgehead atoms. The Kier molecular flexibility index (Phi) is 3.31. The van der Waals surface area contributed by atoms with Crippen LogP contribution in [0.25, 0.3) is 0 Å². The Hall–Kier alpha value is -3.40. The quantitative estimate of drug-likeness (QED) is 0.504. The number of phenols is 1. The number of benzene rings is 2. The van der Waals surface area contributed by atoms with Gasteiger partial charge in [-0.05, 0) is 36.0 Å². The Labute approximate surface area is 167 Å². The maximum absolute atomic E-state index is 13.0. The van der Waals surface area contributed by atoms with E-state index in [1.165, 1.54) is 0 Å². The zero-order valence-electron chi connectivity index (χ0n) is 15.5. The third-order valence-corrected chi connectivity index (χ3v) is 6.70. The second-order valence-electron chi connectivity index (χ2n) is 8.15. The number of hydrogen-bond acceptors (Lipinski definition) is 4. The standard InChI is InChI=1S/C25H18O4/c26-19-8-4-3-7-17(19)21-13-9-10-14(11-13)22(21)20-12-18-23(27)15-5-1-2-6-16(15)24(28)25(18)29-20/h1-10,12-14,21-22,26H,11H2/t13-,14+,21-,22+/m1/s1. The van der Waals surface area contributed by atoms with E-state index in [4.69, 9.17) is 4.42 Å². The lowest BCUT2D eigenvalue weighted by atomic mass is 9.76. The Morgan fingerprint density at radius 1 is 0.793 bits per heavy atom. The summed E-state index contributed by atoms with van der Waals surface area (Å²) in [5.74, 6) is 1.32. The van der Waals surface area contributed by atoms with Gasteiger partial charge in [0.15, 0.2) is 11.5 Å². The highest BCUT2D eigenvalue weighted by Gasteiger charge is 2.49. The molecule has 1 saturated carbocycles. The number of hydrogen-bond donors (Lipinski definition) is 1. The first-order chi connectivity index (χ1) is 14.1. The molecule has 4 nitrogen and oxygen atoms in total. The molecule has 142 valence electrons. The normalized spacial score (nSPS) is 26.6. The van der Waals surface area contributed by atoms with Crippen LogP contribution in [-0.2, 0) is 0 Å². The number of allylic oxidation sites excluding steroid dienone is 2. The fraction of sp³-hybridized carbons (Fsp3) is 0.200. The average molecular weight is 382 g/mol. The van der Waals surface area contributed by atoms with Crippen molar-refractivity contribution in [2.24, 2.45) is 11.8 Å². The average Bonchev–Trinajstić information content (AvgIpc) is 3.46. The van der Waals surface area contributed by atoms with E-state index >= 15 is 0 Å². The van der Waals surface area contributed by atoms with E-state index in [9.17, 15) is 14.7 Å². The van der Waals surface area contributed by atoms with Gasteiger partial charge in [0.2, 0.25) is 5.78 Å². The van der Waals surface area contributed by atoms with Gasteiger partial charge in [-0.3, -0.25) is 9.59 Å². The zero-order chi connectivity index (χ0) is 19.7. The van der Waals surface area contributed by atoms with E-state index in [0.29, 0.717) is 28.4 Å². The van der Waals surface area contributed by atoms with Crippen LogP contribution in [0.2, 0.25) is 0 Å². The summed E-state index contributed by atoms with van der Waals surface area (Å²) >= 11 is 0. The van der Waals surface area contributed by atoms with Crippen LogP contribution >= 0.6 is 0 Å². The molecule has 0 aliphatic heterocycles. The van der Waals surface area contributed by atoms with Crippen molar-refractivity contribution in [1.29, 1.82) is 0 Å². The molecule has 0 radical (unpaired) electrons. The summed E-state index contributed by atoms with van der Waals surface area (Å²) in [5, 5.41) is 10.5. The molecule has 0 spiro atoms. The minimum absolute atomic E-state index is 0.00684. The number of rotatable bonds is 2. The van der Waals surface area contributed by atoms with E-state index in [1.807, 2.05) is 18.2 Å². The van der Waals surface area contributed by atoms with E-state index in [-0.39, 0.29) is 40.8 Å². The summed E-state index contributed by atoms with van der Waals surface area (Å²) < 4.78 is 6.09. The van der Waals surface area contributed by atoms with Crippen LogP contribution < -0.4 is 0 Å². The number of phenolic OH excluding ortho intramolecular Hbond substituents is 1. The molecule has 1 aromatic heterocycles. The van der Waals surface area contributed by atoms with Crippen LogP contribution in [0, 0.1) is 11.8 Å². The number of ketones is 2. The molecule has 0 saturated heterocycles. The summed E-state index contributed by atoms with van der Waals surface area (Å²) in [7, 11) is 0. The van der Waals surface area contributed by atoms with Gasteiger partial charge >= 0.3 is 0 Å². The van der Waals surface area contributed by atoms with Crippen LogP contribution in [0.15, 0.2) is 71.2 Å². The molecule has 4 atom stereocenters. The fourth-order valence-corrected chi connectivity index (χ4v) is 5.46. The second-order valence-corrected chi connectivity index (χ2v) is 8.15. The maximum Gasteiger partial charge on any atom is 0.229 e. The lowest BCUT2D eigenvalue weighted by molar-refractivity contribution is 0.0958. The van der Waals surface area contributed by atoms with Crippen LogP contribution in [0.1, 0.15) is 61.6 Å². The fourth-order valence-electron chi connectivity index (χ4n) is 5.46. The van der Waals surface area contributed by atoms with Crippen molar-refractivity contribution in [3.63, 3.8) is 0 Å². The number of fused-ring (bicyclic) bond motifs is 4. The zero-order valence-corrected chi connectivity index (χ0v) is 15.5. The molecule has 6 rings (SSSR count). The molecule has 1 fully saturated rings. The minimum atomic E-state index is -0.237. The van der Waals surface area contributed by atoms with Crippen molar-refractivity contribution in [1.82, 2.24) is 0 Å². The molecule has 4 heteroatoms. The minimum Gasteiger partial charge on any atom is -0.508 e. The second kappa shape index (κ2) is 5.80. The summed E-state index contributed by atoms with van der Waals surface area (Å²) in [5.41, 5.74) is 2.08. The molecule has 0 unspecified atom stereocenters. The Bertz CT molecular complexity index is 1160. The summed E-state index contributed by atoms with van der Waals surface area (Å²) in [6, 6.07) is 16.1. The van der Waals surface area contributed by atoms with Crippen molar-refractivity contribution in [3.8, 4) is 5.75 Å². The third-order valence-electron chi connectivity index (χ3n) is 6.70. The molecule has 0 amide bonds. The first-order valence-electron chi connectivity index (χ1n) is 9.92. The van der Waals surface area contributed by atoms with Gasteiger partial charge < -0.3 is 9.52 Å². The van der Waals surface area contributed by atoms with Crippen molar-refractivity contribution in [2.45, 2.75) is 18.3 Å². The largest absolute Gasteiger partial charge is 0.508 e. The van der Waals surface area contributed by atoms with Gasteiger partial charge in [-0.25, -0.2) is 0 Å². The highest BCUT2D eigenvalue weighted by Crippen LogP contribution is 2.59. The van der Waals surface area contributed by atoms with E-state index in [1.54, 1.807) is 36.4 Å². The Morgan fingerprint density at radius 3 is 2.21 bits per heavy atom. The molecule has 2 aromatic carbocycles. The van der Waals surface area contributed by atoms with Crippen molar-refractivity contribution < 1.29 is 19.1 Å². The number of para-hydroxylation sites is 1. The molecule has 29 heavy (non-hydrogen) atoms. The Morgan fingerprint density at radius 2 is 1.45 bits per heavy atom. The topological polar surface area (TPSA) is 67.5 Å². The van der Waals surface area contributed by atoms with Crippen LogP contribution in [0.3, 0.4) is 0 Å². The van der Waals surface area contributed by atoms with Crippen molar-refractivity contribution >= 4 is 11.6 Å². The SMILES string of the molecule is O=C1c2ccccc2C(=O)c2oc([C@H]3[C@@H](c4ccccc4O)[C@@H]4C=C[C@H]3C4)cc21. The van der Waals surface area contributed by atoms with Gasteiger partial charge in [-0.1, -0.05) is 54.6 Å².